The summed E-state index contributed by atoms with van der Waals surface area (Å²) in [7, 11) is 1.01. The summed E-state index contributed by atoms with van der Waals surface area (Å²) in [6.45, 7) is 0. The Kier molecular flexibility index (Phi) is 8.47. The number of carbonyl (C=O) groups excluding carboxylic acids is 1. The topological polar surface area (TPSA) is 63.6 Å². The van der Waals surface area contributed by atoms with Crippen LogP contribution in [0.1, 0.15) is 0 Å². The van der Waals surface area contributed by atoms with Crippen LogP contribution in [0.4, 0.5) is 0 Å². The van der Waals surface area contributed by atoms with Crippen LogP contribution in [0, 0.1) is 0 Å². The first kappa shape index (κ1) is 11.5. The number of carbonyl (C=O) groups is 2. The Morgan fingerprint density at radius 3 is 1.88 bits per heavy atom. The molecule has 0 spiro atoms. The second-order valence-corrected chi connectivity index (χ2v) is 0.797. The number of aliphatic carboxylic acids is 1. The molecular formula is C3H5O4Rb. The summed E-state index contributed by atoms with van der Waals surface area (Å²) in [5, 5.41) is 7.71. The maximum atomic E-state index is 9.69. The van der Waals surface area contributed by atoms with E-state index in [0.717, 1.165) is 7.11 Å². The van der Waals surface area contributed by atoms with Crippen LogP contribution in [0.2, 0.25) is 0 Å². The van der Waals surface area contributed by atoms with Crippen molar-refractivity contribution in [1.82, 2.24) is 0 Å². The quantitative estimate of drug-likeness (QED) is 0.377. The van der Waals surface area contributed by atoms with Crippen molar-refractivity contribution in [3.63, 3.8) is 0 Å². The Morgan fingerprint density at radius 1 is 1.50 bits per heavy atom. The zero-order valence-electron chi connectivity index (χ0n) is 3.67. The number of esters is 1. The summed E-state index contributed by atoms with van der Waals surface area (Å²) in [4.78, 5) is 19.1. The standard InChI is InChI=1S/C3H4O4.Rb.H/c1-7-3(6)2(4)5;;/h1H3,(H,4,5);;. The van der Waals surface area contributed by atoms with Gasteiger partial charge in [0.05, 0.1) is 7.11 Å². The summed E-state index contributed by atoms with van der Waals surface area (Å²) in [5.41, 5.74) is 0. The Balaban J connectivity index is 0. The molecule has 0 aliphatic heterocycles. The molecule has 0 amide bonds. The van der Waals surface area contributed by atoms with E-state index in [0.29, 0.717) is 0 Å². The number of ether oxygens (including phenoxy) is 1. The summed E-state index contributed by atoms with van der Waals surface area (Å²) >= 11 is 0. The average Bonchev–Trinajstić information content (AvgIpc) is 1.65. The van der Waals surface area contributed by atoms with Crippen molar-refractivity contribution < 1.29 is 19.4 Å². The minimum atomic E-state index is -1.57. The molecular weight excluding hydrogens is 185 g/mol. The van der Waals surface area contributed by atoms with Gasteiger partial charge >= 0.3 is 70.1 Å². The number of rotatable bonds is 0. The van der Waals surface area contributed by atoms with Gasteiger partial charge in [-0.1, -0.05) is 0 Å². The molecule has 1 N–H and O–H groups in total. The van der Waals surface area contributed by atoms with Crippen LogP contribution in [-0.2, 0) is 14.3 Å². The monoisotopic (exact) mass is 190 g/mol. The van der Waals surface area contributed by atoms with Gasteiger partial charge in [-0.05, 0) is 0 Å². The van der Waals surface area contributed by atoms with E-state index in [1.165, 1.54) is 0 Å². The third-order valence-corrected chi connectivity index (χ3v) is 0.360. The van der Waals surface area contributed by atoms with Crippen molar-refractivity contribution in [3.8, 4) is 0 Å². The summed E-state index contributed by atoms with van der Waals surface area (Å²) in [6, 6.07) is 0. The van der Waals surface area contributed by atoms with Crippen LogP contribution in [0.25, 0.3) is 0 Å². The van der Waals surface area contributed by atoms with E-state index in [1.807, 2.05) is 0 Å². The number of carboxylic acid groups (broad SMARTS) is 1. The first-order valence-corrected chi connectivity index (χ1v) is 1.49. The molecule has 0 aliphatic carbocycles. The van der Waals surface area contributed by atoms with Gasteiger partial charge in [0.25, 0.3) is 0 Å². The number of carboxylic acids is 1. The third-order valence-electron chi connectivity index (χ3n) is 0.360. The van der Waals surface area contributed by atoms with Crippen molar-refractivity contribution in [2.45, 2.75) is 0 Å². The van der Waals surface area contributed by atoms with E-state index in [1.54, 1.807) is 0 Å². The summed E-state index contributed by atoms with van der Waals surface area (Å²) in [6.07, 6.45) is 0. The van der Waals surface area contributed by atoms with Crippen LogP contribution in [0.15, 0.2) is 0 Å². The predicted octanol–water partition coefficient (Wildman–Crippen LogP) is -1.40. The van der Waals surface area contributed by atoms with Crippen LogP contribution in [0.5, 0.6) is 0 Å². The summed E-state index contributed by atoms with van der Waals surface area (Å²) < 4.78 is 3.77. The van der Waals surface area contributed by atoms with E-state index in [-0.39, 0.29) is 58.2 Å². The van der Waals surface area contributed by atoms with Crippen LogP contribution in [0.3, 0.4) is 0 Å². The Morgan fingerprint density at radius 2 is 1.88 bits per heavy atom. The van der Waals surface area contributed by atoms with Crippen molar-refractivity contribution in [2.75, 3.05) is 7.11 Å². The van der Waals surface area contributed by atoms with Crippen LogP contribution < -0.4 is 0 Å². The second kappa shape index (κ2) is 5.87. The van der Waals surface area contributed by atoms with Gasteiger partial charge in [0.1, 0.15) is 0 Å². The van der Waals surface area contributed by atoms with E-state index in [2.05, 4.69) is 4.74 Å². The number of hydrogen-bond donors (Lipinski definition) is 1. The van der Waals surface area contributed by atoms with Crippen molar-refractivity contribution in [1.29, 1.82) is 0 Å². The average molecular weight is 191 g/mol. The Bertz CT molecular complexity index is 99.5. The normalized spacial score (nSPS) is 6.62. The molecule has 0 fully saturated rings. The molecule has 0 aliphatic rings. The molecule has 0 unspecified atom stereocenters. The van der Waals surface area contributed by atoms with Crippen LogP contribution >= 0.6 is 0 Å². The van der Waals surface area contributed by atoms with E-state index in [4.69, 9.17) is 5.11 Å². The van der Waals surface area contributed by atoms with Gasteiger partial charge in [-0.2, -0.15) is 0 Å². The van der Waals surface area contributed by atoms with Crippen molar-refractivity contribution >= 4 is 70.1 Å². The first-order chi connectivity index (χ1) is 3.18. The zero-order chi connectivity index (χ0) is 5.86. The molecule has 0 atom stereocenters. The molecule has 0 saturated heterocycles. The fraction of sp³-hybridized carbons (Fsp3) is 0.333. The third kappa shape index (κ3) is 4.89. The van der Waals surface area contributed by atoms with E-state index >= 15 is 0 Å². The molecule has 0 bridgehead atoms. The van der Waals surface area contributed by atoms with E-state index < -0.39 is 11.9 Å². The predicted molar refractivity (Wildman–Crippen MR) is 26.8 cm³/mol. The molecule has 0 aromatic carbocycles. The second-order valence-electron chi connectivity index (χ2n) is 0.797. The molecule has 0 aromatic heterocycles. The molecule has 5 heteroatoms. The van der Waals surface area contributed by atoms with Gasteiger partial charge in [0.15, 0.2) is 0 Å². The van der Waals surface area contributed by atoms with Crippen molar-refractivity contribution in [2.24, 2.45) is 0 Å². The van der Waals surface area contributed by atoms with Gasteiger partial charge in [-0.15, -0.1) is 0 Å². The van der Waals surface area contributed by atoms with Crippen molar-refractivity contribution in [3.05, 3.63) is 0 Å². The SMILES string of the molecule is COC(=O)C(=O)O.[RbH]. The van der Waals surface area contributed by atoms with Gasteiger partial charge in [0, 0.05) is 0 Å². The molecule has 42 valence electrons. The van der Waals surface area contributed by atoms with E-state index in [9.17, 15) is 9.59 Å². The molecule has 0 heterocycles. The van der Waals surface area contributed by atoms with Gasteiger partial charge in [-0.25, -0.2) is 9.59 Å². The summed E-state index contributed by atoms with van der Waals surface area (Å²) in [5.74, 6) is -2.80. The Labute approximate surface area is 95.0 Å². The molecule has 8 heavy (non-hydrogen) atoms. The fourth-order valence-corrected chi connectivity index (χ4v) is 0.0873. The van der Waals surface area contributed by atoms with Gasteiger partial charge < -0.3 is 9.84 Å². The van der Waals surface area contributed by atoms with Gasteiger partial charge in [0.2, 0.25) is 0 Å². The molecule has 0 radical (unpaired) electrons. The van der Waals surface area contributed by atoms with Crippen LogP contribution in [-0.4, -0.2) is 82.3 Å². The zero-order valence-corrected chi connectivity index (χ0v) is 3.67. The Hall–Kier alpha value is 0.745. The fourth-order valence-electron chi connectivity index (χ4n) is 0.0873. The van der Waals surface area contributed by atoms with Gasteiger partial charge in [-0.3, -0.25) is 0 Å². The minimum absolute atomic E-state index is 0. The molecule has 0 aromatic rings. The first-order valence-electron chi connectivity index (χ1n) is 1.49. The number of hydrogen-bond acceptors (Lipinski definition) is 3. The maximum absolute atomic E-state index is 9.69. The number of methoxy groups -OCH3 is 1. The molecule has 0 saturated carbocycles. The molecule has 4 nitrogen and oxygen atoms in total. The molecule has 0 rings (SSSR count).